The predicted octanol–water partition coefficient (Wildman–Crippen LogP) is 12.5. The summed E-state index contributed by atoms with van der Waals surface area (Å²) in [6, 6.07) is 0.662. The van der Waals surface area contributed by atoms with E-state index < -0.39 is 0 Å². The summed E-state index contributed by atoms with van der Waals surface area (Å²) < 4.78 is 0. The Morgan fingerprint density at radius 2 is 0.925 bits per heavy atom. The van der Waals surface area contributed by atoms with Crippen LogP contribution >= 0.6 is 0 Å². The molecule has 4 N–H and O–H groups in total. The molecule has 0 bridgehead atoms. The van der Waals surface area contributed by atoms with Crippen molar-refractivity contribution in [2.45, 2.75) is 260 Å². The van der Waals surface area contributed by atoms with Crippen molar-refractivity contribution in [2.24, 2.45) is 0 Å². The standard InChI is InChI=1S/C33H64N8.C8H18.C4H10/c1-11-13-15-16-17-18-19-34-27-36-28(35-25-21-30(3,4)39-31(5,6)22-25)38-29(37-27)41(20-14-12-2)26-23-32(7,8)40-33(9,10)24-26;1-3-5-7-8-6-4-2;1-3-4-2/h25-26,39-40H,11-24H2,1-10H3,(H2,34,35,36,37,38);3-8H2,1-2H3;3-4H2,1-2H3. The number of hydrogen-bond acceptors (Lipinski definition) is 8. The summed E-state index contributed by atoms with van der Waals surface area (Å²) in [5.74, 6) is 2.22. The summed E-state index contributed by atoms with van der Waals surface area (Å²) in [6.07, 6.45) is 25.2. The van der Waals surface area contributed by atoms with Crippen molar-refractivity contribution < 1.29 is 0 Å². The average Bonchev–Trinajstić information content (AvgIpc) is 3.04. The Kier molecular flexibility index (Phi) is 23.7. The molecule has 2 saturated heterocycles. The van der Waals surface area contributed by atoms with E-state index in [9.17, 15) is 0 Å². The van der Waals surface area contributed by atoms with Gasteiger partial charge in [-0.15, -0.1) is 0 Å². The molecule has 2 fully saturated rings. The van der Waals surface area contributed by atoms with Gasteiger partial charge in [-0.3, -0.25) is 0 Å². The maximum Gasteiger partial charge on any atom is 0.232 e. The van der Waals surface area contributed by atoms with E-state index in [2.05, 4.69) is 123 Å². The summed E-state index contributed by atoms with van der Waals surface area (Å²) in [6.45, 7) is 33.7. The number of nitrogens with zero attached hydrogens (tertiary/aromatic N) is 4. The monoisotopic (exact) mass is 745 g/mol. The second-order valence-electron chi connectivity index (χ2n) is 19.0. The molecule has 53 heavy (non-hydrogen) atoms. The SMILES string of the molecule is CCCC.CCCCCCCC.CCCCCCCCNc1nc(NC2CC(C)(C)NC(C)(C)C2)nc(N(CCCC)C2CC(C)(C)NC(C)(C)C2)n1. The van der Waals surface area contributed by atoms with Gasteiger partial charge in [0.05, 0.1) is 0 Å². The van der Waals surface area contributed by atoms with E-state index in [0.717, 1.165) is 64.0 Å². The van der Waals surface area contributed by atoms with Crippen LogP contribution in [0.15, 0.2) is 0 Å². The van der Waals surface area contributed by atoms with Crippen LogP contribution in [-0.4, -0.2) is 62.3 Å². The summed E-state index contributed by atoms with van der Waals surface area (Å²) in [5, 5.41) is 15.0. The Hall–Kier alpha value is -1.67. The Morgan fingerprint density at radius 1 is 0.509 bits per heavy atom. The molecule has 0 aromatic carbocycles. The molecule has 1 aromatic heterocycles. The van der Waals surface area contributed by atoms with Crippen LogP contribution in [0.4, 0.5) is 17.8 Å². The first-order valence-corrected chi connectivity index (χ1v) is 22.6. The molecule has 0 spiro atoms. The normalized spacial score (nSPS) is 19.0. The summed E-state index contributed by atoms with van der Waals surface area (Å²) in [7, 11) is 0. The molecule has 312 valence electrons. The van der Waals surface area contributed by atoms with E-state index in [-0.39, 0.29) is 22.2 Å². The Balaban J connectivity index is 0.00000101. The molecule has 8 heteroatoms. The molecule has 3 heterocycles. The maximum atomic E-state index is 5.14. The van der Waals surface area contributed by atoms with E-state index in [1.54, 1.807) is 0 Å². The second kappa shape index (κ2) is 25.5. The number of rotatable bonds is 21. The van der Waals surface area contributed by atoms with Gasteiger partial charge in [0.1, 0.15) is 0 Å². The van der Waals surface area contributed by atoms with Crippen molar-refractivity contribution in [1.82, 2.24) is 25.6 Å². The lowest BCUT2D eigenvalue weighted by molar-refractivity contribution is 0.158. The lowest BCUT2D eigenvalue weighted by atomic mass is 9.79. The van der Waals surface area contributed by atoms with Crippen LogP contribution in [-0.2, 0) is 0 Å². The lowest BCUT2D eigenvalue weighted by Gasteiger charge is -2.49. The van der Waals surface area contributed by atoms with Crippen LogP contribution in [0.1, 0.15) is 225 Å². The first-order valence-electron chi connectivity index (χ1n) is 22.6. The Morgan fingerprint density at radius 3 is 1.38 bits per heavy atom. The van der Waals surface area contributed by atoms with Crippen molar-refractivity contribution in [3.05, 3.63) is 0 Å². The number of nitrogens with one attached hydrogen (secondary N) is 4. The van der Waals surface area contributed by atoms with Crippen molar-refractivity contribution in [2.75, 3.05) is 28.6 Å². The van der Waals surface area contributed by atoms with Crippen LogP contribution in [0.25, 0.3) is 0 Å². The fourth-order valence-electron chi connectivity index (χ4n) is 8.47. The minimum atomic E-state index is 0.0492. The van der Waals surface area contributed by atoms with Gasteiger partial charge in [-0.05, 0) is 93.9 Å². The van der Waals surface area contributed by atoms with Crippen LogP contribution in [0.2, 0.25) is 0 Å². The molecular weight excluding hydrogens is 653 g/mol. The van der Waals surface area contributed by atoms with Crippen LogP contribution in [0.3, 0.4) is 0 Å². The third kappa shape index (κ3) is 21.9. The van der Waals surface area contributed by atoms with E-state index >= 15 is 0 Å². The van der Waals surface area contributed by atoms with Gasteiger partial charge in [0, 0.05) is 47.3 Å². The van der Waals surface area contributed by atoms with E-state index in [4.69, 9.17) is 15.0 Å². The molecule has 0 radical (unpaired) electrons. The van der Waals surface area contributed by atoms with Gasteiger partial charge in [0.2, 0.25) is 17.8 Å². The summed E-state index contributed by atoms with van der Waals surface area (Å²) in [5.41, 5.74) is 0.202. The van der Waals surface area contributed by atoms with E-state index in [1.807, 2.05) is 0 Å². The molecule has 0 unspecified atom stereocenters. The predicted molar refractivity (Wildman–Crippen MR) is 236 cm³/mol. The highest BCUT2D eigenvalue weighted by atomic mass is 15.3. The number of hydrogen-bond donors (Lipinski definition) is 4. The molecule has 1 aromatic rings. The van der Waals surface area contributed by atoms with Crippen LogP contribution < -0.4 is 26.2 Å². The molecule has 0 aliphatic carbocycles. The Bertz CT molecular complexity index is 1030. The zero-order valence-corrected chi connectivity index (χ0v) is 38.0. The molecule has 0 atom stereocenters. The maximum absolute atomic E-state index is 5.14. The highest BCUT2D eigenvalue weighted by Crippen LogP contribution is 2.34. The highest BCUT2D eigenvalue weighted by Gasteiger charge is 2.41. The largest absolute Gasteiger partial charge is 0.354 e. The topological polar surface area (TPSA) is 90.0 Å². The number of aromatic nitrogens is 3. The highest BCUT2D eigenvalue weighted by molar-refractivity contribution is 5.45. The van der Waals surface area contributed by atoms with Gasteiger partial charge in [-0.25, -0.2) is 0 Å². The summed E-state index contributed by atoms with van der Waals surface area (Å²) >= 11 is 0. The zero-order chi connectivity index (χ0) is 40.0. The molecule has 0 saturated carbocycles. The molecule has 8 nitrogen and oxygen atoms in total. The molecule has 2 aliphatic rings. The van der Waals surface area contributed by atoms with Crippen molar-refractivity contribution in [3.63, 3.8) is 0 Å². The van der Waals surface area contributed by atoms with E-state index in [1.165, 1.54) is 83.5 Å². The van der Waals surface area contributed by atoms with Crippen molar-refractivity contribution >= 4 is 17.8 Å². The average molecular weight is 745 g/mol. The second-order valence-corrected chi connectivity index (χ2v) is 19.0. The minimum absolute atomic E-state index is 0.0492. The van der Waals surface area contributed by atoms with Crippen molar-refractivity contribution in [1.29, 1.82) is 0 Å². The first kappa shape index (κ1) is 49.3. The lowest BCUT2D eigenvalue weighted by Crippen LogP contribution is -2.62. The van der Waals surface area contributed by atoms with Gasteiger partial charge in [-0.1, -0.05) is 131 Å². The van der Waals surface area contributed by atoms with Gasteiger partial charge < -0.3 is 26.2 Å². The van der Waals surface area contributed by atoms with Crippen LogP contribution in [0.5, 0.6) is 0 Å². The van der Waals surface area contributed by atoms with Gasteiger partial charge in [-0.2, -0.15) is 15.0 Å². The molecule has 2 aliphatic heterocycles. The molecular formula is C45H92N8. The fourth-order valence-corrected chi connectivity index (χ4v) is 8.47. The van der Waals surface area contributed by atoms with E-state index in [0.29, 0.717) is 24.0 Å². The molecule has 3 rings (SSSR count). The Labute approximate surface area is 330 Å². The molecule has 0 amide bonds. The van der Waals surface area contributed by atoms with Crippen LogP contribution in [0, 0.1) is 0 Å². The quantitative estimate of drug-likeness (QED) is 0.0925. The minimum Gasteiger partial charge on any atom is -0.354 e. The number of unbranched alkanes of at least 4 members (excludes halogenated alkanes) is 12. The number of piperidine rings is 2. The smallest absolute Gasteiger partial charge is 0.232 e. The van der Waals surface area contributed by atoms with Gasteiger partial charge >= 0.3 is 0 Å². The first-order chi connectivity index (χ1) is 25.0. The fraction of sp³-hybridized carbons (Fsp3) is 0.933. The number of anilines is 3. The van der Waals surface area contributed by atoms with Gasteiger partial charge in [0.15, 0.2) is 0 Å². The van der Waals surface area contributed by atoms with Gasteiger partial charge in [0.25, 0.3) is 0 Å². The summed E-state index contributed by atoms with van der Waals surface area (Å²) in [4.78, 5) is 17.6. The third-order valence-corrected chi connectivity index (χ3v) is 10.5. The zero-order valence-electron chi connectivity index (χ0n) is 38.0. The van der Waals surface area contributed by atoms with Crippen molar-refractivity contribution in [3.8, 4) is 0 Å². The third-order valence-electron chi connectivity index (χ3n) is 10.5.